The first kappa shape index (κ1) is 21.8. The van der Waals surface area contributed by atoms with Crippen LogP contribution in [0, 0.1) is 5.82 Å². The van der Waals surface area contributed by atoms with Crippen molar-refractivity contribution < 1.29 is 18.7 Å². The number of carbonyl (C=O) groups excluding carboxylic acids is 1. The van der Waals surface area contributed by atoms with Crippen LogP contribution in [-0.2, 0) is 11.4 Å². The molecule has 3 rings (SSSR count). The van der Waals surface area contributed by atoms with E-state index >= 15 is 0 Å². The lowest BCUT2D eigenvalue weighted by Crippen LogP contribution is -2.27. The van der Waals surface area contributed by atoms with E-state index in [9.17, 15) is 9.18 Å². The lowest BCUT2D eigenvalue weighted by molar-refractivity contribution is -0.121. The van der Waals surface area contributed by atoms with Gasteiger partial charge in [-0.3, -0.25) is 9.69 Å². The van der Waals surface area contributed by atoms with Crippen molar-refractivity contribution >= 4 is 56.2 Å². The second-order valence-electron chi connectivity index (χ2n) is 6.10. The first-order chi connectivity index (χ1) is 13.9. The largest absolute Gasteiger partial charge is 0.490 e. The zero-order chi connectivity index (χ0) is 21.0. The molecule has 8 heteroatoms. The molecule has 4 nitrogen and oxygen atoms in total. The molecule has 1 aliphatic heterocycles. The summed E-state index contributed by atoms with van der Waals surface area (Å²) < 4.78 is 26.3. The summed E-state index contributed by atoms with van der Waals surface area (Å²) in [7, 11) is 0. The second-order valence-corrected chi connectivity index (χ2v) is 8.63. The van der Waals surface area contributed by atoms with Crippen LogP contribution in [0.4, 0.5) is 4.39 Å². The average molecular weight is 496 g/mol. The van der Waals surface area contributed by atoms with Crippen LogP contribution in [0.2, 0.25) is 0 Å². The monoisotopic (exact) mass is 495 g/mol. The Hall–Kier alpha value is -1.90. The lowest BCUT2D eigenvalue weighted by atomic mass is 10.1. The lowest BCUT2D eigenvalue weighted by Gasteiger charge is -2.14. The number of nitrogens with zero attached hydrogens (tertiary/aromatic N) is 1. The van der Waals surface area contributed by atoms with Gasteiger partial charge in [0.2, 0.25) is 0 Å². The second kappa shape index (κ2) is 9.73. The molecule has 0 radical (unpaired) electrons. The third kappa shape index (κ3) is 5.18. The third-order valence-corrected chi connectivity index (χ3v) is 6.19. The number of likely N-dealkylation sites (N-methyl/N-ethyl adjacent to an activating group) is 1. The summed E-state index contributed by atoms with van der Waals surface area (Å²) in [5.41, 5.74) is 1.50. The molecule has 1 aliphatic rings. The molecule has 0 aliphatic carbocycles. The SMILES string of the molecule is CCOc1cc(C=C2SC(=S)N(CC)C2=O)c(Br)cc1OCc1cccc(F)c1. The van der Waals surface area contributed by atoms with Crippen molar-refractivity contribution in [1.29, 1.82) is 0 Å². The molecule has 1 heterocycles. The van der Waals surface area contributed by atoms with E-state index in [1.54, 1.807) is 29.2 Å². The van der Waals surface area contributed by atoms with Crippen LogP contribution in [-0.4, -0.2) is 28.3 Å². The smallest absolute Gasteiger partial charge is 0.266 e. The molecule has 2 aromatic carbocycles. The highest BCUT2D eigenvalue weighted by atomic mass is 79.9. The number of rotatable bonds is 7. The number of thiocarbonyl (C=S) groups is 1. The molecule has 1 saturated heterocycles. The van der Waals surface area contributed by atoms with Crippen molar-refractivity contribution in [1.82, 2.24) is 4.90 Å². The Kier molecular flexibility index (Phi) is 7.32. The van der Waals surface area contributed by atoms with Crippen molar-refractivity contribution in [2.24, 2.45) is 0 Å². The molecular formula is C21H19BrFNO3S2. The Balaban J connectivity index is 1.87. The van der Waals surface area contributed by atoms with Gasteiger partial charge in [0.25, 0.3) is 5.91 Å². The van der Waals surface area contributed by atoms with Crippen molar-refractivity contribution in [2.45, 2.75) is 20.5 Å². The van der Waals surface area contributed by atoms with Crippen molar-refractivity contribution in [3.05, 3.63) is 62.7 Å². The van der Waals surface area contributed by atoms with E-state index in [0.717, 1.165) is 15.6 Å². The van der Waals surface area contributed by atoms with Gasteiger partial charge in [0, 0.05) is 11.0 Å². The molecule has 0 unspecified atom stereocenters. The third-order valence-electron chi connectivity index (χ3n) is 4.12. The van der Waals surface area contributed by atoms with Crippen LogP contribution < -0.4 is 9.47 Å². The summed E-state index contributed by atoms with van der Waals surface area (Å²) in [5, 5.41) is 0. The van der Waals surface area contributed by atoms with Crippen LogP contribution in [0.25, 0.3) is 6.08 Å². The minimum atomic E-state index is -0.308. The van der Waals surface area contributed by atoms with E-state index in [1.165, 1.54) is 23.9 Å². The van der Waals surface area contributed by atoms with E-state index in [4.69, 9.17) is 21.7 Å². The Labute approximate surface area is 187 Å². The fourth-order valence-electron chi connectivity index (χ4n) is 2.74. The van der Waals surface area contributed by atoms with Gasteiger partial charge in [-0.2, -0.15) is 0 Å². The Morgan fingerprint density at radius 3 is 2.62 bits per heavy atom. The molecule has 0 aromatic heterocycles. The van der Waals surface area contributed by atoms with Crippen LogP contribution in [0.5, 0.6) is 11.5 Å². The number of halogens is 2. The predicted octanol–water partition coefficient (Wildman–Crippen LogP) is 5.79. The maximum atomic E-state index is 13.4. The molecule has 0 atom stereocenters. The highest BCUT2D eigenvalue weighted by Gasteiger charge is 2.30. The Bertz CT molecular complexity index is 980. The summed E-state index contributed by atoms with van der Waals surface area (Å²) in [6, 6.07) is 9.86. The van der Waals surface area contributed by atoms with Gasteiger partial charge < -0.3 is 9.47 Å². The summed E-state index contributed by atoms with van der Waals surface area (Å²) in [4.78, 5) is 14.6. The van der Waals surface area contributed by atoms with Crippen molar-refractivity contribution in [2.75, 3.05) is 13.2 Å². The number of hydrogen-bond acceptors (Lipinski definition) is 5. The highest BCUT2D eigenvalue weighted by Crippen LogP contribution is 2.38. The number of hydrogen-bond donors (Lipinski definition) is 0. The number of carbonyl (C=O) groups is 1. The molecule has 2 aromatic rings. The molecule has 152 valence electrons. The zero-order valence-electron chi connectivity index (χ0n) is 15.9. The normalized spacial score (nSPS) is 15.3. The standard InChI is InChI=1S/C21H19BrFNO3S2/c1-3-24-20(25)19(29-21(24)28)10-14-9-17(26-4-2)18(11-16(14)22)27-12-13-6-5-7-15(23)8-13/h5-11H,3-4,12H2,1-2H3. The van der Waals surface area contributed by atoms with Crippen LogP contribution in [0.3, 0.4) is 0 Å². The van der Waals surface area contributed by atoms with Gasteiger partial charge in [-0.1, -0.05) is 52.0 Å². The van der Waals surface area contributed by atoms with Crippen molar-refractivity contribution in [3.8, 4) is 11.5 Å². The summed E-state index contributed by atoms with van der Waals surface area (Å²) in [5.74, 6) is 0.668. The molecule has 29 heavy (non-hydrogen) atoms. The summed E-state index contributed by atoms with van der Waals surface area (Å²) >= 11 is 10.1. The summed E-state index contributed by atoms with van der Waals surface area (Å²) in [6.45, 7) is 4.97. The molecule has 1 amide bonds. The minimum Gasteiger partial charge on any atom is -0.490 e. The number of benzene rings is 2. The first-order valence-electron chi connectivity index (χ1n) is 9.01. The Morgan fingerprint density at radius 2 is 1.97 bits per heavy atom. The molecular weight excluding hydrogens is 477 g/mol. The van der Waals surface area contributed by atoms with Crippen LogP contribution >= 0.6 is 39.9 Å². The van der Waals surface area contributed by atoms with Crippen LogP contribution in [0.1, 0.15) is 25.0 Å². The average Bonchev–Trinajstić information content (AvgIpc) is 2.95. The highest BCUT2D eigenvalue weighted by molar-refractivity contribution is 9.10. The van der Waals surface area contributed by atoms with Gasteiger partial charge in [0.05, 0.1) is 11.5 Å². The molecule has 0 bridgehead atoms. The molecule has 0 spiro atoms. The number of thioether (sulfide) groups is 1. The van der Waals surface area contributed by atoms with Gasteiger partial charge >= 0.3 is 0 Å². The minimum absolute atomic E-state index is 0.0983. The topological polar surface area (TPSA) is 38.8 Å². The van der Waals surface area contributed by atoms with Crippen LogP contribution in [0.15, 0.2) is 45.8 Å². The van der Waals surface area contributed by atoms with Gasteiger partial charge in [0.1, 0.15) is 16.7 Å². The van der Waals surface area contributed by atoms with Crippen molar-refractivity contribution in [3.63, 3.8) is 0 Å². The van der Waals surface area contributed by atoms with E-state index in [0.29, 0.717) is 33.9 Å². The Morgan fingerprint density at radius 1 is 1.21 bits per heavy atom. The molecule has 0 N–H and O–H groups in total. The van der Waals surface area contributed by atoms with E-state index in [2.05, 4.69) is 15.9 Å². The number of ether oxygens (including phenoxy) is 2. The maximum absolute atomic E-state index is 13.4. The maximum Gasteiger partial charge on any atom is 0.266 e. The number of amides is 1. The zero-order valence-corrected chi connectivity index (χ0v) is 19.1. The predicted molar refractivity (Wildman–Crippen MR) is 122 cm³/mol. The summed E-state index contributed by atoms with van der Waals surface area (Å²) in [6.07, 6.45) is 1.79. The van der Waals surface area contributed by atoms with E-state index in [-0.39, 0.29) is 18.3 Å². The van der Waals surface area contributed by atoms with E-state index < -0.39 is 0 Å². The van der Waals surface area contributed by atoms with Gasteiger partial charge in [0.15, 0.2) is 11.5 Å². The first-order valence-corrected chi connectivity index (χ1v) is 11.0. The fraction of sp³-hybridized carbons (Fsp3) is 0.238. The fourth-order valence-corrected chi connectivity index (χ4v) is 4.56. The van der Waals surface area contributed by atoms with Gasteiger partial charge in [-0.15, -0.1) is 0 Å². The van der Waals surface area contributed by atoms with E-state index in [1.807, 2.05) is 19.9 Å². The van der Waals surface area contributed by atoms with Gasteiger partial charge in [-0.25, -0.2) is 4.39 Å². The quantitative estimate of drug-likeness (QED) is 0.359. The molecule has 0 saturated carbocycles. The molecule has 1 fully saturated rings. The van der Waals surface area contributed by atoms with Gasteiger partial charge in [-0.05, 0) is 55.3 Å².